The van der Waals surface area contributed by atoms with Gasteiger partial charge in [0.05, 0.1) is 30.0 Å². The number of carbonyl (C=O) groups excluding carboxylic acids is 1. The van der Waals surface area contributed by atoms with E-state index in [-0.39, 0.29) is 23.1 Å². The Bertz CT molecular complexity index is 1180. The van der Waals surface area contributed by atoms with Crippen molar-refractivity contribution in [2.75, 3.05) is 57.9 Å². The van der Waals surface area contributed by atoms with Gasteiger partial charge in [-0.15, -0.1) is 11.3 Å². The largest absolute Gasteiger partial charge is 0.380 e. The molecule has 36 heavy (non-hydrogen) atoms. The number of hydrogen-bond acceptors (Lipinski definition) is 10. The topological polar surface area (TPSA) is 113 Å². The highest BCUT2D eigenvalue weighted by Crippen LogP contribution is 2.24. The van der Waals surface area contributed by atoms with Crippen molar-refractivity contribution in [1.29, 1.82) is 0 Å². The lowest BCUT2D eigenvalue weighted by atomic mass is 10.1. The number of benzene rings is 1. The van der Waals surface area contributed by atoms with Crippen LogP contribution in [0.4, 0.5) is 5.13 Å². The van der Waals surface area contributed by atoms with E-state index in [1.54, 1.807) is 30.5 Å². The summed E-state index contributed by atoms with van der Waals surface area (Å²) >= 11 is 1.44. The molecule has 194 valence electrons. The van der Waals surface area contributed by atoms with Gasteiger partial charge in [-0.05, 0) is 31.4 Å². The van der Waals surface area contributed by atoms with Crippen LogP contribution >= 0.6 is 11.3 Å². The van der Waals surface area contributed by atoms with E-state index >= 15 is 0 Å². The van der Waals surface area contributed by atoms with Crippen LogP contribution in [0.25, 0.3) is 0 Å². The lowest BCUT2D eigenvalue weighted by molar-refractivity contribution is -0.110. The molecule has 5 rings (SSSR count). The van der Waals surface area contributed by atoms with Crippen LogP contribution in [0, 0.1) is 0 Å². The lowest BCUT2D eigenvalue weighted by Gasteiger charge is -2.25. The first kappa shape index (κ1) is 25.3. The average Bonchev–Trinajstić information content (AvgIpc) is 3.67. The van der Waals surface area contributed by atoms with Crippen molar-refractivity contribution in [3.05, 3.63) is 40.9 Å². The van der Waals surface area contributed by atoms with Gasteiger partial charge in [0.25, 0.3) is 5.91 Å². The van der Waals surface area contributed by atoms with Crippen molar-refractivity contribution in [3.63, 3.8) is 0 Å². The predicted octanol–water partition coefficient (Wildman–Crippen LogP) is 1.98. The molecule has 0 radical (unpaired) electrons. The Hall–Kier alpha value is -2.38. The number of nitrogens with zero attached hydrogens (tertiary/aromatic N) is 4. The standard InChI is InChI=1S/C24H31N5O5S2/c30-23(26-24-25-15-19(35-24)16-28-10-13-33-14-11-28)22(27-29-8-1-2-9-29)18-3-5-20(6-4-18)36(31,32)21-7-12-34-17-21/h3-6,15,21H,1-2,7-14,16-17H2,(H,25,26,30)/b27-22+/t21-/m0/s1. The number of nitrogens with one attached hydrogen (secondary N) is 1. The molecule has 0 spiro atoms. The Morgan fingerprint density at radius 2 is 1.83 bits per heavy atom. The second kappa shape index (κ2) is 11.3. The number of carbonyl (C=O) groups is 1. The van der Waals surface area contributed by atoms with Crippen LogP contribution in [0.2, 0.25) is 0 Å². The normalized spacial score (nSPS) is 21.7. The third-order valence-corrected chi connectivity index (χ3v) is 9.66. The average molecular weight is 534 g/mol. The quantitative estimate of drug-likeness (QED) is 0.513. The summed E-state index contributed by atoms with van der Waals surface area (Å²) in [5, 5.41) is 9.40. The molecule has 1 atom stereocenters. The fraction of sp³-hybridized carbons (Fsp3) is 0.542. The molecule has 0 saturated carbocycles. The van der Waals surface area contributed by atoms with Gasteiger partial charge in [0, 0.05) is 56.0 Å². The Balaban J connectivity index is 1.32. The number of anilines is 1. The molecule has 0 bridgehead atoms. The van der Waals surface area contributed by atoms with Crippen LogP contribution in [-0.2, 0) is 30.7 Å². The van der Waals surface area contributed by atoms with E-state index in [0.29, 0.717) is 23.7 Å². The van der Waals surface area contributed by atoms with Crippen LogP contribution in [0.15, 0.2) is 40.5 Å². The smallest absolute Gasteiger partial charge is 0.278 e. The van der Waals surface area contributed by atoms with Crippen molar-refractivity contribution in [1.82, 2.24) is 14.9 Å². The Morgan fingerprint density at radius 1 is 1.08 bits per heavy atom. The van der Waals surface area contributed by atoms with E-state index in [4.69, 9.17) is 9.47 Å². The number of ether oxygens (including phenoxy) is 2. The molecule has 0 unspecified atom stereocenters. The molecule has 3 fully saturated rings. The highest BCUT2D eigenvalue weighted by Gasteiger charge is 2.31. The minimum atomic E-state index is -3.48. The third-order valence-electron chi connectivity index (χ3n) is 6.58. The Kier molecular flexibility index (Phi) is 7.96. The van der Waals surface area contributed by atoms with Crippen molar-refractivity contribution in [3.8, 4) is 0 Å². The number of hydrogen-bond donors (Lipinski definition) is 1. The summed E-state index contributed by atoms with van der Waals surface area (Å²) in [5.74, 6) is -0.367. The zero-order valence-corrected chi connectivity index (χ0v) is 21.7. The zero-order chi connectivity index (χ0) is 25.0. The minimum absolute atomic E-state index is 0.218. The highest BCUT2D eigenvalue weighted by molar-refractivity contribution is 7.92. The molecule has 2 aromatic rings. The number of aromatic nitrogens is 1. The first-order valence-corrected chi connectivity index (χ1v) is 14.7. The van der Waals surface area contributed by atoms with E-state index in [1.165, 1.54) is 11.3 Å². The van der Waals surface area contributed by atoms with E-state index in [2.05, 4.69) is 20.3 Å². The summed E-state index contributed by atoms with van der Waals surface area (Å²) in [6.07, 6.45) is 4.34. The molecule has 1 N–H and O–H groups in total. The molecule has 3 saturated heterocycles. The van der Waals surface area contributed by atoms with E-state index < -0.39 is 15.1 Å². The van der Waals surface area contributed by atoms with E-state index in [0.717, 1.165) is 63.7 Å². The van der Waals surface area contributed by atoms with Crippen molar-refractivity contribution >= 4 is 37.9 Å². The number of sulfone groups is 1. The second-order valence-electron chi connectivity index (χ2n) is 9.14. The van der Waals surface area contributed by atoms with Crippen LogP contribution in [0.1, 0.15) is 29.7 Å². The molecule has 1 aromatic carbocycles. The summed E-state index contributed by atoms with van der Waals surface area (Å²) in [4.78, 5) is 21.3. The molecule has 12 heteroatoms. The van der Waals surface area contributed by atoms with Crippen molar-refractivity contribution in [2.24, 2.45) is 5.10 Å². The van der Waals surface area contributed by atoms with Gasteiger partial charge in [0.15, 0.2) is 20.7 Å². The van der Waals surface area contributed by atoms with Gasteiger partial charge in [0.1, 0.15) is 0 Å². The maximum Gasteiger partial charge on any atom is 0.278 e. The number of thiazole rings is 1. The predicted molar refractivity (Wildman–Crippen MR) is 137 cm³/mol. The van der Waals surface area contributed by atoms with Gasteiger partial charge in [0.2, 0.25) is 0 Å². The third kappa shape index (κ3) is 5.94. The lowest BCUT2D eigenvalue weighted by Crippen LogP contribution is -2.35. The Morgan fingerprint density at radius 3 is 2.53 bits per heavy atom. The van der Waals surface area contributed by atoms with Crippen LogP contribution in [-0.4, -0.2) is 92.8 Å². The van der Waals surface area contributed by atoms with E-state index in [1.807, 2.05) is 5.01 Å². The summed E-state index contributed by atoms with van der Waals surface area (Å²) in [6, 6.07) is 6.42. The van der Waals surface area contributed by atoms with Crippen molar-refractivity contribution < 1.29 is 22.7 Å². The number of morpholine rings is 1. The number of amides is 1. The van der Waals surface area contributed by atoms with Gasteiger partial charge in [-0.2, -0.15) is 5.10 Å². The van der Waals surface area contributed by atoms with Gasteiger partial charge in [-0.25, -0.2) is 13.4 Å². The molecule has 0 aliphatic carbocycles. The van der Waals surface area contributed by atoms with Crippen molar-refractivity contribution in [2.45, 2.75) is 36.0 Å². The molecule has 4 heterocycles. The highest BCUT2D eigenvalue weighted by atomic mass is 32.2. The summed E-state index contributed by atoms with van der Waals surface area (Å²) in [5.41, 5.74) is 0.807. The molecular weight excluding hydrogens is 502 g/mol. The molecule has 3 aliphatic heterocycles. The molecule has 10 nitrogen and oxygen atoms in total. The molecule has 3 aliphatic rings. The molecule has 1 aromatic heterocycles. The monoisotopic (exact) mass is 533 g/mol. The van der Waals surface area contributed by atoms with Crippen LogP contribution in [0.5, 0.6) is 0 Å². The molecular formula is C24H31N5O5S2. The SMILES string of the molecule is O=C(Nc1ncc(CN2CCOCC2)s1)/C(=N/N1CCCC1)c1ccc(S(=O)(=O)[C@H]2CCOC2)cc1. The van der Waals surface area contributed by atoms with Gasteiger partial charge >= 0.3 is 0 Å². The summed E-state index contributed by atoms with van der Waals surface area (Å²) in [6.45, 7) is 6.23. The van der Waals surface area contributed by atoms with Gasteiger partial charge < -0.3 is 9.47 Å². The number of hydrazone groups is 1. The first-order valence-electron chi connectivity index (χ1n) is 12.3. The zero-order valence-electron chi connectivity index (χ0n) is 20.1. The molecule has 1 amide bonds. The minimum Gasteiger partial charge on any atom is -0.380 e. The fourth-order valence-electron chi connectivity index (χ4n) is 4.50. The van der Waals surface area contributed by atoms with Crippen LogP contribution in [0.3, 0.4) is 0 Å². The summed E-state index contributed by atoms with van der Waals surface area (Å²) in [7, 11) is -3.48. The van der Waals surface area contributed by atoms with Crippen LogP contribution < -0.4 is 5.32 Å². The van der Waals surface area contributed by atoms with Gasteiger partial charge in [-0.1, -0.05) is 12.1 Å². The number of rotatable bonds is 8. The van der Waals surface area contributed by atoms with E-state index in [9.17, 15) is 13.2 Å². The fourth-order valence-corrected chi connectivity index (χ4v) is 6.94. The second-order valence-corrected chi connectivity index (χ2v) is 12.5. The van der Waals surface area contributed by atoms with Gasteiger partial charge in [-0.3, -0.25) is 20.0 Å². The Labute approximate surface area is 215 Å². The first-order chi connectivity index (χ1) is 17.5. The summed E-state index contributed by atoms with van der Waals surface area (Å²) < 4.78 is 36.5. The maximum absolute atomic E-state index is 13.3. The maximum atomic E-state index is 13.3.